The van der Waals surface area contributed by atoms with Crippen LogP contribution >= 0.6 is 12.2 Å². The maximum atomic E-state index is 12.7. The third-order valence-corrected chi connectivity index (χ3v) is 3.60. The summed E-state index contributed by atoms with van der Waals surface area (Å²) >= 11 is 5.24. The van der Waals surface area contributed by atoms with Crippen molar-refractivity contribution in [3.8, 4) is 0 Å². The van der Waals surface area contributed by atoms with Crippen molar-refractivity contribution in [3.05, 3.63) is 28.5 Å². The van der Waals surface area contributed by atoms with Gasteiger partial charge in [-0.1, -0.05) is 13.8 Å². The van der Waals surface area contributed by atoms with Gasteiger partial charge < -0.3 is 9.55 Å². The average molecular weight is 302 g/mol. The quantitative estimate of drug-likeness (QED) is 0.760. The predicted octanol–water partition coefficient (Wildman–Crippen LogP) is 5.32. The Morgan fingerprint density at radius 1 is 1.25 bits per heavy atom. The van der Waals surface area contributed by atoms with Crippen LogP contribution in [0.5, 0.6) is 0 Å². The lowest BCUT2D eigenvalue weighted by molar-refractivity contribution is -0.137. The van der Waals surface area contributed by atoms with E-state index in [0.717, 1.165) is 24.1 Å². The highest BCUT2D eigenvalue weighted by molar-refractivity contribution is 7.71. The van der Waals surface area contributed by atoms with Crippen LogP contribution in [0, 0.1) is 10.7 Å². The lowest BCUT2D eigenvalue weighted by atomic mass is 10.0. The molecule has 0 fully saturated rings. The van der Waals surface area contributed by atoms with Crippen molar-refractivity contribution in [3.63, 3.8) is 0 Å². The van der Waals surface area contributed by atoms with Crippen molar-refractivity contribution in [1.29, 1.82) is 0 Å². The number of nitrogens with zero attached hydrogens (tertiary/aromatic N) is 1. The van der Waals surface area contributed by atoms with Gasteiger partial charge in [-0.05, 0) is 49.7 Å². The van der Waals surface area contributed by atoms with Gasteiger partial charge in [-0.25, -0.2) is 0 Å². The molecule has 110 valence electrons. The second kappa shape index (κ2) is 5.24. The van der Waals surface area contributed by atoms with Crippen LogP contribution in [0.2, 0.25) is 0 Å². The van der Waals surface area contributed by atoms with Crippen molar-refractivity contribution < 1.29 is 13.2 Å². The Morgan fingerprint density at radius 2 is 1.90 bits per heavy atom. The van der Waals surface area contributed by atoms with Gasteiger partial charge in [0.15, 0.2) is 4.77 Å². The number of fused-ring (bicyclic) bond motifs is 1. The van der Waals surface area contributed by atoms with Gasteiger partial charge in [0, 0.05) is 6.04 Å². The van der Waals surface area contributed by atoms with Crippen LogP contribution in [-0.2, 0) is 6.18 Å². The van der Waals surface area contributed by atoms with Gasteiger partial charge in [-0.3, -0.25) is 0 Å². The lowest BCUT2D eigenvalue weighted by Gasteiger charge is -2.17. The maximum Gasteiger partial charge on any atom is 0.416 e. The molecule has 1 unspecified atom stereocenters. The summed E-state index contributed by atoms with van der Waals surface area (Å²) < 4.78 is 40.5. The van der Waals surface area contributed by atoms with Crippen molar-refractivity contribution >= 4 is 23.3 Å². The summed E-state index contributed by atoms with van der Waals surface area (Å²) in [6.07, 6.45) is -3.42. The number of rotatable bonds is 3. The zero-order valence-electron chi connectivity index (χ0n) is 11.6. The summed E-state index contributed by atoms with van der Waals surface area (Å²) in [7, 11) is 0. The highest BCUT2D eigenvalue weighted by Gasteiger charge is 2.31. The zero-order chi connectivity index (χ0) is 15.1. The summed E-state index contributed by atoms with van der Waals surface area (Å²) in [5.74, 6) is 0.492. The SMILES string of the molecule is CC(C)CC(C)n1c(=S)[nH]c2cc(C(F)(F)F)ccc21. The van der Waals surface area contributed by atoms with E-state index in [4.69, 9.17) is 12.2 Å². The van der Waals surface area contributed by atoms with Gasteiger partial charge in [-0.2, -0.15) is 13.2 Å². The fraction of sp³-hybridized carbons (Fsp3) is 0.500. The third kappa shape index (κ3) is 2.90. The van der Waals surface area contributed by atoms with E-state index in [1.165, 1.54) is 6.07 Å². The minimum atomic E-state index is -4.34. The number of hydrogen-bond donors (Lipinski definition) is 1. The monoisotopic (exact) mass is 302 g/mol. The number of aromatic amines is 1. The molecule has 0 spiro atoms. The molecule has 0 bridgehead atoms. The van der Waals surface area contributed by atoms with Crippen LogP contribution in [0.3, 0.4) is 0 Å². The Morgan fingerprint density at radius 3 is 2.45 bits per heavy atom. The number of alkyl halides is 3. The van der Waals surface area contributed by atoms with E-state index in [1.54, 1.807) is 0 Å². The molecule has 0 aliphatic rings. The summed E-state index contributed by atoms with van der Waals surface area (Å²) in [4.78, 5) is 2.87. The van der Waals surface area contributed by atoms with Crippen LogP contribution in [0.15, 0.2) is 18.2 Å². The topological polar surface area (TPSA) is 20.7 Å². The van der Waals surface area contributed by atoms with Gasteiger partial charge in [0.25, 0.3) is 0 Å². The zero-order valence-corrected chi connectivity index (χ0v) is 12.4. The highest BCUT2D eigenvalue weighted by atomic mass is 32.1. The van der Waals surface area contributed by atoms with Crippen LogP contribution in [0.25, 0.3) is 11.0 Å². The second-order valence-electron chi connectivity index (χ2n) is 5.51. The number of imidazole rings is 1. The molecular weight excluding hydrogens is 285 g/mol. The summed E-state index contributed by atoms with van der Waals surface area (Å²) in [5, 5.41) is 0. The van der Waals surface area contributed by atoms with E-state index in [1.807, 2.05) is 11.5 Å². The van der Waals surface area contributed by atoms with Crippen LogP contribution < -0.4 is 0 Å². The molecule has 1 N–H and O–H groups in total. The predicted molar refractivity (Wildman–Crippen MR) is 76.3 cm³/mol. The molecule has 1 heterocycles. The first-order valence-corrected chi connectivity index (χ1v) is 6.92. The van der Waals surface area contributed by atoms with Gasteiger partial charge in [0.2, 0.25) is 0 Å². The Hall–Kier alpha value is -1.30. The molecule has 1 atom stereocenters. The molecule has 20 heavy (non-hydrogen) atoms. The Bertz CT molecular complexity index is 667. The number of H-pyrrole nitrogens is 1. The molecular formula is C14H17F3N2S. The minimum absolute atomic E-state index is 0.146. The molecule has 2 nitrogen and oxygen atoms in total. The van der Waals surface area contributed by atoms with Gasteiger partial charge >= 0.3 is 6.18 Å². The third-order valence-electron chi connectivity index (χ3n) is 3.30. The molecule has 0 saturated heterocycles. The molecule has 0 amide bonds. The number of aromatic nitrogens is 2. The molecule has 1 aromatic carbocycles. The molecule has 0 radical (unpaired) electrons. The number of nitrogens with one attached hydrogen (secondary N) is 1. The molecule has 2 aromatic rings. The first-order chi connectivity index (χ1) is 9.20. The fourth-order valence-electron chi connectivity index (χ4n) is 2.53. The smallest absolute Gasteiger partial charge is 0.331 e. The summed E-state index contributed by atoms with van der Waals surface area (Å²) in [6.45, 7) is 6.24. The van der Waals surface area contributed by atoms with Crippen LogP contribution in [0.4, 0.5) is 13.2 Å². The van der Waals surface area contributed by atoms with Crippen LogP contribution in [0.1, 0.15) is 38.8 Å². The lowest BCUT2D eigenvalue weighted by Crippen LogP contribution is -2.08. The first kappa shape index (κ1) is 15.1. The fourth-order valence-corrected chi connectivity index (χ4v) is 2.92. The van der Waals surface area contributed by atoms with Crippen molar-refractivity contribution in [2.45, 2.75) is 39.4 Å². The standard InChI is InChI=1S/C14H17F3N2S/c1-8(2)6-9(3)19-12-5-4-10(14(15,16)17)7-11(12)18-13(19)20/h4-5,7-9H,6H2,1-3H3,(H,18,20). The van der Waals surface area contributed by atoms with Crippen LogP contribution in [-0.4, -0.2) is 9.55 Å². The molecule has 0 saturated carbocycles. The van der Waals surface area contributed by atoms with E-state index in [0.29, 0.717) is 16.2 Å². The van der Waals surface area contributed by atoms with Gasteiger partial charge in [0.05, 0.1) is 16.6 Å². The number of hydrogen-bond acceptors (Lipinski definition) is 1. The van der Waals surface area contributed by atoms with Crippen molar-refractivity contribution in [1.82, 2.24) is 9.55 Å². The van der Waals surface area contributed by atoms with E-state index in [-0.39, 0.29) is 6.04 Å². The number of halogens is 3. The van der Waals surface area contributed by atoms with E-state index >= 15 is 0 Å². The summed E-state index contributed by atoms with van der Waals surface area (Å²) in [6, 6.07) is 3.85. The highest BCUT2D eigenvalue weighted by Crippen LogP contribution is 2.32. The van der Waals surface area contributed by atoms with Crippen molar-refractivity contribution in [2.75, 3.05) is 0 Å². The van der Waals surface area contributed by atoms with E-state index in [9.17, 15) is 13.2 Å². The van der Waals surface area contributed by atoms with E-state index < -0.39 is 11.7 Å². The summed E-state index contributed by atoms with van der Waals surface area (Å²) in [5.41, 5.74) is 0.487. The first-order valence-electron chi connectivity index (χ1n) is 6.51. The second-order valence-corrected chi connectivity index (χ2v) is 5.90. The average Bonchev–Trinajstić information content (AvgIpc) is 2.61. The Labute approximate surface area is 120 Å². The molecule has 2 rings (SSSR count). The Balaban J connectivity index is 2.53. The Kier molecular flexibility index (Phi) is 3.95. The van der Waals surface area contributed by atoms with E-state index in [2.05, 4.69) is 18.8 Å². The number of benzene rings is 1. The molecule has 1 aromatic heterocycles. The van der Waals surface area contributed by atoms with Gasteiger partial charge in [0.1, 0.15) is 0 Å². The molecule has 0 aliphatic carbocycles. The molecule has 0 aliphatic heterocycles. The van der Waals surface area contributed by atoms with Gasteiger partial charge in [-0.15, -0.1) is 0 Å². The normalized spacial score (nSPS) is 14.2. The maximum absolute atomic E-state index is 12.7. The van der Waals surface area contributed by atoms with Crippen molar-refractivity contribution in [2.24, 2.45) is 5.92 Å². The largest absolute Gasteiger partial charge is 0.416 e. The molecule has 6 heteroatoms. The minimum Gasteiger partial charge on any atom is -0.331 e.